The Bertz CT molecular complexity index is 508. The topological polar surface area (TPSA) is 43.3 Å². The average Bonchev–Trinajstić information content (AvgIpc) is 2.45. The number of fused-ring (bicyclic) bond motifs is 1. The SMILES string of the molecule is CC(C)(C)c1nc(Cl)c2cccc(N)n12. The van der Waals surface area contributed by atoms with Crippen molar-refractivity contribution < 1.29 is 0 Å². The Kier molecular flexibility index (Phi) is 2.15. The van der Waals surface area contributed by atoms with E-state index in [9.17, 15) is 0 Å². The fourth-order valence-electron chi connectivity index (χ4n) is 1.63. The van der Waals surface area contributed by atoms with Crippen molar-refractivity contribution in [2.75, 3.05) is 5.73 Å². The molecule has 0 unspecified atom stereocenters. The van der Waals surface area contributed by atoms with E-state index in [0.717, 1.165) is 11.3 Å². The van der Waals surface area contributed by atoms with Gasteiger partial charge >= 0.3 is 0 Å². The minimum absolute atomic E-state index is 0.0778. The van der Waals surface area contributed by atoms with Crippen LogP contribution in [0.5, 0.6) is 0 Å². The molecule has 2 N–H and O–H groups in total. The molecule has 0 aliphatic rings. The van der Waals surface area contributed by atoms with Gasteiger partial charge in [-0.3, -0.25) is 4.40 Å². The van der Waals surface area contributed by atoms with Crippen LogP contribution in [-0.2, 0) is 5.41 Å². The maximum atomic E-state index is 6.07. The van der Waals surface area contributed by atoms with E-state index in [1.165, 1.54) is 0 Å². The van der Waals surface area contributed by atoms with Gasteiger partial charge in [0, 0.05) is 5.41 Å². The highest BCUT2D eigenvalue weighted by Gasteiger charge is 2.22. The van der Waals surface area contributed by atoms with Gasteiger partial charge in [0.05, 0.1) is 5.52 Å². The van der Waals surface area contributed by atoms with Gasteiger partial charge in [-0.05, 0) is 12.1 Å². The molecule has 0 aromatic carbocycles. The number of aromatic nitrogens is 2. The molecule has 2 aromatic rings. The monoisotopic (exact) mass is 223 g/mol. The third-order valence-corrected chi connectivity index (χ3v) is 2.60. The van der Waals surface area contributed by atoms with E-state index in [1.54, 1.807) is 0 Å². The molecule has 0 bridgehead atoms. The van der Waals surface area contributed by atoms with Gasteiger partial charge in [-0.15, -0.1) is 0 Å². The van der Waals surface area contributed by atoms with E-state index < -0.39 is 0 Å². The summed E-state index contributed by atoms with van der Waals surface area (Å²) in [5.41, 5.74) is 6.72. The Labute approximate surface area is 93.9 Å². The molecular weight excluding hydrogens is 210 g/mol. The molecule has 0 aliphatic heterocycles. The van der Waals surface area contributed by atoms with Crippen molar-refractivity contribution in [3.63, 3.8) is 0 Å². The first-order valence-electron chi connectivity index (χ1n) is 4.84. The van der Waals surface area contributed by atoms with Crippen molar-refractivity contribution in [3.05, 3.63) is 29.2 Å². The zero-order chi connectivity index (χ0) is 11.2. The fraction of sp³-hybridized carbons (Fsp3) is 0.364. The summed E-state index contributed by atoms with van der Waals surface area (Å²) in [6.45, 7) is 6.26. The molecule has 0 atom stereocenters. The second-order valence-electron chi connectivity index (χ2n) is 4.65. The number of nitrogens with two attached hydrogens (primary N) is 1. The first-order chi connectivity index (χ1) is 6.91. The lowest BCUT2D eigenvalue weighted by molar-refractivity contribution is 0.544. The molecular formula is C11H14ClN3. The Morgan fingerprint density at radius 2 is 2.00 bits per heavy atom. The van der Waals surface area contributed by atoms with E-state index >= 15 is 0 Å². The third-order valence-electron chi connectivity index (χ3n) is 2.32. The van der Waals surface area contributed by atoms with Gasteiger partial charge in [-0.25, -0.2) is 4.98 Å². The molecule has 2 aromatic heterocycles. The number of pyridine rings is 1. The zero-order valence-electron chi connectivity index (χ0n) is 9.08. The molecule has 0 spiro atoms. The molecule has 80 valence electrons. The quantitative estimate of drug-likeness (QED) is 0.747. The van der Waals surface area contributed by atoms with E-state index in [0.29, 0.717) is 11.0 Å². The number of imidazole rings is 1. The molecule has 0 fully saturated rings. The number of nitrogens with zero attached hydrogens (tertiary/aromatic N) is 2. The Morgan fingerprint density at radius 3 is 2.60 bits per heavy atom. The van der Waals surface area contributed by atoms with Crippen LogP contribution in [0.25, 0.3) is 5.52 Å². The summed E-state index contributed by atoms with van der Waals surface area (Å²) in [5.74, 6) is 1.55. The lowest BCUT2D eigenvalue weighted by Crippen LogP contribution is -2.17. The Hall–Kier alpha value is -1.22. The molecule has 0 saturated carbocycles. The average molecular weight is 224 g/mol. The number of anilines is 1. The summed E-state index contributed by atoms with van der Waals surface area (Å²) in [4.78, 5) is 4.37. The predicted octanol–water partition coefficient (Wildman–Crippen LogP) is 2.87. The largest absolute Gasteiger partial charge is 0.385 e. The number of hydrogen-bond donors (Lipinski definition) is 1. The molecule has 0 saturated heterocycles. The summed E-state index contributed by atoms with van der Waals surface area (Å²) in [6, 6.07) is 5.64. The Morgan fingerprint density at radius 1 is 1.33 bits per heavy atom. The zero-order valence-corrected chi connectivity index (χ0v) is 9.84. The van der Waals surface area contributed by atoms with Crippen LogP contribution in [0, 0.1) is 0 Å². The van der Waals surface area contributed by atoms with Crippen molar-refractivity contribution in [1.82, 2.24) is 9.38 Å². The lowest BCUT2D eigenvalue weighted by Gasteiger charge is -2.17. The molecule has 0 aliphatic carbocycles. The lowest BCUT2D eigenvalue weighted by atomic mass is 9.96. The van der Waals surface area contributed by atoms with E-state index in [-0.39, 0.29) is 5.41 Å². The van der Waals surface area contributed by atoms with Gasteiger partial charge in [-0.1, -0.05) is 38.4 Å². The minimum Gasteiger partial charge on any atom is -0.385 e. The van der Waals surface area contributed by atoms with Crippen molar-refractivity contribution in [3.8, 4) is 0 Å². The van der Waals surface area contributed by atoms with Gasteiger partial charge in [0.1, 0.15) is 11.6 Å². The number of halogens is 1. The molecule has 3 nitrogen and oxygen atoms in total. The molecule has 2 rings (SSSR count). The van der Waals surface area contributed by atoms with Crippen molar-refractivity contribution in [1.29, 1.82) is 0 Å². The van der Waals surface area contributed by atoms with Crippen molar-refractivity contribution in [2.45, 2.75) is 26.2 Å². The standard InChI is InChI=1S/C11H14ClN3/c1-11(2,3)10-14-9(12)7-5-4-6-8(13)15(7)10/h4-6H,13H2,1-3H3. The van der Waals surface area contributed by atoms with Gasteiger partial charge in [-0.2, -0.15) is 0 Å². The van der Waals surface area contributed by atoms with Crippen LogP contribution in [0.4, 0.5) is 5.82 Å². The number of hydrogen-bond acceptors (Lipinski definition) is 2. The number of nitrogen functional groups attached to an aromatic ring is 1. The van der Waals surface area contributed by atoms with Crippen LogP contribution in [0.1, 0.15) is 26.6 Å². The van der Waals surface area contributed by atoms with Crippen LogP contribution < -0.4 is 5.73 Å². The van der Waals surface area contributed by atoms with Gasteiger partial charge in [0.25, 0.3) is 0 Å². The van der Waals surface area contributed by atoms with Crippen molar-refractivity contribution >= 4 is 22.9 Å². The summed E-state index contributed by atoms with van der Waals surface area (Å²) >= 11 is 6.07. The van der Waals surface area contributed by atoms with Crippen LogP contribution in [0.2, 0.25) is 5.15 Å². The summed E-state index contributed by atoms with van der Waals surface area (Å²) in [7, 11) is 0. The molecule has 15 heavy (non-hydrogen) atoms. The van der Waals surface area contributed by atoms with Gasteiger partial charge in [0.2, 0.25) is 0 Å². The Balaban J connectivity index is 2.88. The van der Waals surface area contributed by atoms with Crippen molar-refractivity contribution in [2.24, 2.45) is 0 Å². The van der Waals surface area contributed by atoms with E-state index in [2.05, 4.69) is 25.8 Å². The van der Waals surface area contributed by atoms with E-state index in [1.807, 2.05) is 22.6 Å². The predicted molar refractivity (Wildman–Crippen MR) is 63.3 cm³/mol. The van der Waals surface area contributed by atoms with E-state index in [4.69, 9.17) is 17.3 Å². The smallest absolute Gasteiger partial charge is 0.155 e. The fourth-order valence-corrected chi connectivity index (χ4v) is 1.85. The minimum atomic E-state index is -0.0778. The third kappa shape index (κ3) is 1.57. The summed E-state index contributed by atoms with van der Waals surface area (Å²) < 4.78 is 1.91. The van der Waals surface area contributed by atoms with Crippen LogP contribution in [0.15, 0.2) is 18.2 Å². The molecule has 4 heteroatoms. The maximum Gasteiger partial charge on any atom is 0.155 e. The molecule has 2 heterocycles. The highest BCUT2D eigenvalue weighted by atomic mass is 35.5. The maximum absolute atomic E-state index is 6.07. The highest BCUT2D eigenvalue weighted by molar-refractivity contribution is 6.32. The summed E-state index contributed by atoms with van der Waals surface area (Å²) in [6.07, 6.45) is 0. The molecule has 0 amide bonds. The highest BCUT2D eigenvalue weighted by Crippen LogP contribution is 2.28. The first-order valence-corrected chi connectivity index (χ1v) is 5.22. The second kappa shape index (κ2) is 3.14. The van der Waals surface area contributed by atoms with Crippen LogP contribution in [0.3, 0.4) is 0 Å². The second-order valence-corrected chi connectivity index (χ2v) is 5.01. The number of rotatable bonds is 0. The van der Waals surface area contributed by atoms with Crippen LogP contribution in [-0.4, -0.2) is 9.38 Å². The van der Waals surface area contributed by atoms with Gasteiger partial charge < -0.3 is 5.73 Å². The normalized spacial score (nSPS) is 12.3. The van der Waals surface area contributed by atoms with Gasteiger partial charge in [0.15, 0.2) is 5.15 Å². The van der Waals surface area contributed by atoms with Crippen LogP contribution >= 0.6 is 11.6 Å². The summed E-state index contributed by atoms with van der Waals surface area (Å²) in [5, 5.41) is 0.507. The first kappa shape index (κ1) is 10.3. The molecule has 0 radical (unpaired) electrons.